The standard InChI is InChI=1S/C3H4BF3O/c4-8-1-2(5)3(6)7/h1,4H2. The monoisotopic (exact) mass is 124 g/mol. The molecule has 0 unspecified atom stereocenters. The van der Waals surface area contributed by atoms with Crippen LogP contribution in [-0.2, 0) is 4.65 Å². The van der Waals surface area contributed by atoms with Gasteiger partial charge in [0.2, 0.25) is 0 Å². The number of halogens is 3. The summed E-state index contributed by atoms with van der Waals surface area (Å²) in [6.45, 7) is -0.650. The van der Waals surface area contributed by atoms with E-state index in [1.54, 1.807) is 0 Å². The number of hydrogen-bond acceptors (Lipinski definition) is 1. The van der Waals surface area contributed by atoms with E-state index in [0.29, 0.717) is 0 Å². The van der Waals surface area contributed by atoms with E-state index in [-0.39, 0.29) is 0 Å². The molecule has 0 aromatic heterocycles. The van der Waals surface area contributed by atoms with Gasteiger partial charge >= 0.3 is 6.08 Å². The highest BCUT2D eigenvalue weighted by molar-refractivity contribution is 5.98. The Morgan fingerprint density at radius 1 is 1.38 bits per heavy atom. The molecule has 0 aliphatic carbocycles. The van der Waals surface area contributed by atoms with Crippen LogP contribution in [0.2, 0.25) is 0 Å². The van der Waals surface area contributed by atoms with Crippen molar-refractivity contribution < 1.29 is 17.8 Å². The predicted molar refractivity (Wildman–Crippen MR) is 24.8 cm³/mol. The first-order chi connectivity index (χ1) is 3.68. The van der Waals surface area contributed by atoms with Gasteiger partial charge in [-0.3, -0.25) is 0 Å². The molecule has 0 aromatic rings. The molecular weight excluding hydrogens is 120 g/mol. The van der Waals surface area contributed by atoms with Gasteiger partial charge in [-0.25, -0.2) is 4.39 Å². The van der Waals surface area contributed by atoms with Gasteiger partial charge < -0.3 is 4.65 Å². The minimum Gasteiger partial charge on any atom is -0.437 e. The van der Waals surface area contributed by atoms with Crippen LogP contribution < -0.4 is 0 Å². The van der Waals surface area contributed by atoms with E-state index in [2.05, 4.69) is 4.65 Å². The molecule has 0 radical (unpaired) electrons. The topological polar surface area (TPSA) is 9.23 Å². The second kappa shape index (κ2) is 3.54. The fraction of sp³-hybridized carbons (Fsp3) is 0.333. The van der Waals surface area contributed by atoms with E-state index in [4.69, 9.17) is 0 Å². The van der Waals surface area contributed by atoms with Gasteiger partial charge in [-0.1, -0.05) is 0 Å². The molecule has 0 rings (SSSR count). The Bertz CT molecular complexity index is 98.7. The van der Waals surface area contributed by atoms with Crippen LogP contribution in [0.5, 0.6) is 0 Å². The first-order valence-electron chi connectivity index (χ1n) is 1.87. The third kappa shape index (κ3) is 2.68. The second-order valence-corrected chi connectivity index (χ2v) is 1.10. The molecular formula is C3H4BF3O. The summed E-state index contributed by atoms with van der Waals surface area (Å²) in [5, 5.41) is 0. The van der Waals surface area contributed by atoms with Gasteiger partial charge in [0.05, 0.1) is 6.61 Å². The zero-order valence-electron chi connectivity index (χ0n) is 4.25. The van der Waals surface area contributed by atoms with Gasteiger partial charge in [0.15, 0.2) is 5.83 Å². The molecule has 0 aromatic carbocycles. The average Bonchev–Trinajstić information content (AvgIpc) is 1.67. The van der Waals surface area contributed by atoms with Crippen molar-refractivity contribution in [2.75, 3.05) is 6.61 Å². The van der Waals surface area contributed by atoms with Crippen molar-refractivity contribution in [3.05, 3.63) is 11.9 Å². The second-order valence-electron chi connectivity index (χ2n) is 1.10. The number of rotatable bonds is 2. The quantitative estimate of drug-likeness (QED) is 0.490. The van der Waals surface area contributed by atoms with E-state index in [1.807, 2.05) is 0 Å². The lowest BCUT2D eigenvalue weighted by atomic mass is 10.5. The molecule has 46 valence electrons. The molecule has 5 heteroatoms. The largest absolute Gasteiger partial charge is 0.437 e. The Labute approximate surface area is 45.6 Å². The van der Waals surface area contributed by atoms with Crippen molar-refractivity contribution in [2.24, 2.45) is 0 Å². The molecule has 0 heterocycles. The summed E-state index contributed by atoms with van der Waals surface area (Å²) >= 11 is 0. The molecule has 0 atom stereocenters. The van der Waals surface area contributed by atoms with Gasteiger partial charge in [-0.05, 0) is 0 Å². The van der Waals surface area contributed by atoms with Crippen LogP contribution in [0.3, 0.4) is 0 Å². The van der Waals surface area contributed by atoms with Crippen LogP contribution in [0.25, 0.3) is 0 Å². The predicted octanol–water partition coefficient (Wildman–Crippen LogP) is 0.629. The summed E-state index contributed by atoms with van der Waals surface area (Å²) in [5.74, 6) is -1.51. The summed E-state index contributed by atoms with van der Waals surface area (Å²) in [7, 11) is 1.14. The van der Waals surface area contributed by atoms with E-state index in [1.165, 1.54) is 0 Å². The molecule has 0 saturated carbocycles. The Kier molecular flexibility index (Phi) is 3.35. The lowest BCUT2D eigenvalue weighted by Gasteiger charge is -1.90. The average molecular weight is 124 g/mol. The van der Waals surface area contributed by atoms with Gasteiger partial charge in [-0.2, -0.15) is 8.78 Å². The molecule has 0 N–H and O–H groups in total. The van der Waals surface area contributed by atoms with Crippen LogP contribution in [0, 0.1) is 0 Å². The maximum atomic E-state index is 11.5. The molecule has 0 fully saturated rings. The van der Waals surface area contributed by atoms with E-state index in [0.717, 1.165) is 8.05 Å². The van der Waals surface area contributed by atoms with Gasteiger partial charge in [0, 0.05) is 0 Å². The highest BCUT2D eigenvalue weighted by atomic mass is 19.3. The summed E-state index contributed by atoms with van der Waals surface area (Å²) in [4.78, 5) is 0. The zero-order chi connectivity index (χ0) is 6.57. The first kappa shape index (κ1) is 7.55. The molecule has 0 amide bonds. The summed E-state index contributed by atoms with van der Waals surface area (Å²) in [5.41, 5.74) is 0. The summed E-state index contributed by atoms with van der Waals surface area (Å²) in [6.07, 6.45) is -2.31. The SMILES string of the molecule is BOCC(F)=C(F)F. The normalized spacial score (nSPS) is 8.88. The lowest BCUT2D eigenvalue weighted by Crippen LogP contribution is -1.89. The maximum Gasteiger partial charge on any atom is 0.303 e. The van der Waals surface area contributed by atoms with Crippen molar-refractivity contribution in [3.8, 4) is 0 Å². The van der Waals surface area contributed by atoms with Gasteiger partial charge in [-0.15, -0.1) is 0 Å². The molecule has 0 bridgehead atoms. The Hall–Kier alpha value is -0.445. The zero-order valence-corrected chi connectivity index (χ0v) is 4.25. The van der Waals surface area contributed by atoms with Crippen LogP contribution in [-0.4, -0.2) is 14.7 Å². The summed E-state index contributed by atoms with van der Waals surface area (Å²) < 4.78 is 37.7. The van der Waals surface area contributed by atoms with Crippen molar-refractivity contribution in [2.45, 2.75) is 0 Å². The smallest absolute Gasteiger partial charge is 0.303 e. The molecule has 0 aliphatic rings. The highest BCUT2D eigenvalue weighted by Gasteiger charge is 2.01. The minimum atomic E-state index is -2.31. The molecule has 0 aliphatic heterocycles. The van der Waals surface area contributed by atoms with E-state index in [9.17, 15) is 13.2 Å². The Morgan fingerprint density at radius 2 is 1.88 bits per heavy atom. The van der Waals surface area contributed by atoms with Crippen LogP contribution in [0.1, 0.15) is 0 Å². The summed E-state index contributed by atoms with van der Waals surface area (Å²) in [6, 6.07) is 0. The number of hydrogen-bond donors (Lipinski definition) is 0. The lowest BCUT2D eigenvalue weighted by molar-refractivity contribution is 0.303. The van der Waals surface area contributed by atoms with Crippen molar-refractivity contribution in [1.29, 1.82) is 0 Å². The minimum absolute atomic E-state index is 0.650. The maximum absolute atomic E-state index is 11.5. The van der Waals surface area contributed by atoms with Crippen molar-refractivity contribution >= 4 is 8.05 Å². The van der Waals surface area contributed by atoms with E-state index >= 15 is 0 Å². The van der Waals surface area contributed by atoms with Crippen LogP contribution in [0.4, 0.5) is 13.2 Å². The molecule has 1 nitrogen and oxygen atoms in total. The highest BCUT2D eigenvalue weighted by Crippen LogP contribution is 2.07. The van der Waals surface area contributed by atoms with Gasteiger partial charge in [0.25, 0.3) is 8.05 Å². The Morgan fingerprint density at radius 3 is 2.00 bits per heavy atom. The van der Waals surface area contributed by atoms with E-state index < -0.39 is 18.5 Å². The fourth-order valence-electron chi connectivity index (χ4n) is 0.181. The third-order valence-corrected chi connectivity index (χ3v) is 0.476. The fourth-order valence-corrected chi connectivity index (χ4v) is 0.181. The van der Waals surface area contributed by atoms with Crippen molar-refractivity contribution in [1.82, 2.24) is 0 Å². The molecule has 0 saturated heterocycles. The molecule has 0 spiro atoms. The molecule has 8 heavy (non-hydrogen) atoms. The van der Waals surface area contributed by atoms with Gasteiger partial charge in [0.1, 0.15) is 0 Å². The Balaban J connectivity index is 3.62. The van der Waals surface area contributed by atoms with Crippen LogP contribution in [0.15, 0.2) is 11.9 Å². The van der Waals surface area contributed by atoms with Crippen molar-refractivity contribution in [3.63, 3.8) is 0 Å². The third-order valence-electron chi connectivity index (χ3n) is 0.476. The first-order valence-corrected chi connectivity index (χ1v) is 1.87. The van der Waals surface area contributed by atoms with Crippen LogP contribution >= 0.6 is 0 Å².